The van der Waals surface area contributed by atoms with Gasteiger partial charge in [0, 0.05) is 5.92 Å². The predicted octanol–water partition coefficient (Wildman–Crippen LogP) is 3.73. The van der Waals surface area contributed by atoms with Crippen molar-refractivity contribution in [1.29, 1.82) is 0 Å². The van der Waals surface area contributed by atoms with Gasteiger partial charge in [-0.15, -0.1) is 0 Å². The van der Waals surface area contributed by atoms with E-state index >= 15 is 0 Å². The van der Waals surface area contributed by atoms with Crippen LogP contribution >= 0.6 is 0 Å². The van der Waals surface area contributed by atoms with E-state index < -0.39 is 0 Å². The van der Waals surface area contributed by atoms with Crippen LogP contribution < -0.4 is 5.73 Å². The molecule has 1 aromatic carbocycles. The Morgan fingerprint density at radius 2 is 1.95 bits per heavy atom. The molecule has 3 rings (SSSR count). The monoisotopic (exact) mass is 255 g/mol. The number of nitrogens with zero attached hydrogens (tertiary/aromatic N) is 2. The first kappa shape index (κ1) is 12.3. The fourth-order valence-electron chi connectivity index (χ4n) is 3.10. The highest BCUT2D eigenvalue weighted by Gasteiger charge is 2.22. The second kappa shape index (κ2) is 4.72. The third-order valence-electron chi connectivity index (χ3n) is 4.11. The van der Waals surface area contributed by atoms with Crippen molar-refractivity contribution in [3.8, 4) is 5.69 Å². The molecule has 1 saturated carbocycles. The van der Waals surface area contributed by atoms with Crippen molar-refractivity contribution >= 4 is 5.69 Å². The minimum Gasteiger partial charge on any atom is -0.396 e. The summed E-state index contributed by atoms with van der Waals surface area (Å²) in [6.45, 7) is 4.23. The van der Waals surface area contributed by atoms with Crippen molar-refractivity contribution in [2.75, 3.05) is 5.73 Å². The molecule has 0 radical (unpaired) electrons. The lowest BCUT2D eigenvalue weighted by Gasteiger charge is -2.08. The van der Waals surface area contributed by atoms with Crippen LogP contribution in [0.15, 0.2) is 24.4 Å². The van der Waals surface area contributed by atoms with Crippen LogP contribution in [0.1, 0.15) is 48.4 Å². The fraction of sp³-hybridized carbons (Fsp3) is 0.438. The molecule has 3 heteroatoms. The molecule has 19 heavy (non-hydrogen) atoms. The lowest BCUT2D eigenvalue weighted by atomic mass is 10.0. The van der Waals surface area contributed by atoms with Gasteiger partial charge in [0.2, 0.25) is 0 Å². The van der Waals surface area contributed by atoms with Gasteiger partial charge >= 0.3 is 0 Å². The van der Waals surface area contributed by atoms with Crippen molar-refractivity contribution in [2.45, 2.75) is 45.4 Å². The van der Waals surface area contributed by atoms with Crippen LogP contribution in [0.2, 0.25) is 0 Å². The molecular weight excluding hydrogens is 234 g/mol. The smallest absolute Gasteiger partial charge is 0.0889 e. The summed E-state index contributed by atoms with van der Waals surface area (Å²) in [4.78, 5) is 0. The van der Waals surface area contributed by atoms with E-state index in [1.54, 1.807) is 0 Å². The topological polar surface area (TPSA) is 43.8 Å². The van der Waals surface area contributed by atoms with Crippen LogP contribution in [0.3, 0.4) is 0 Å². The minimum atomic E-state index is 0.562. The van der Waals surface area contributed by atoms with Gasteiger partial charge < -0.3 is 5.73 Å². The van der Waals surface area contributed by atoms with Gasteiger partial charge in [0.1, 0.15) is 0 Å². The molecule has 0 unspecified atom stereocenters. The van der Waals surface area contributed by atoms with Gasteiger partial charge in [-0.25, -0.2) is 4.68 Å². The normalized spacial score (nSPS) is 16.1. The second-order valence-corrected chi connectivity index (χ2v) is 5.69. The molecular formula is C16H21N3. The molecule has 0 saturated heterocycles. The van der Waals surface area contributed by atoms with Crippen molar-refractivity contribution in [2.24, 2.45) is 0 Å². The number of aromatic nitrogens is 2. The third kappa shape index (κ3) is 2.25. The molecule has 1 aliphatic carbocycles. The van der Waals surface area contributed by atoms with Crippen LogP contribution in [-0.2, 0) is 0 Å². The Labute approximate surface area is 114 Å². The van der Waals surface area contributed by atoms with E-state index in [9.17, 15) is 0 Å². The summed E-state index contributed by atoms with van der Waals surface area (Å²) >= 11 is 0. The number of anilines is 1. The zero-order chi connectivity index (χ0) is 13.4. The number of benzene rings is 1. The number of nitrogens with two attached hydrogens (primary N) is 1. The van der Waals surface area contributed by atoms with E-state index in [2.05, 4.69) is 32.0 Å². The Balaban J connectivity index is 1.99. The number of rotatable bonds is 2. The van der Waals surface area contributed by atoms with E-state index in [4.69, 9.17) is 10.8 Å². The van der Waals surface area contributed by atoms with E-state index in [0.717, 1.165) is 17.1 Å². The minimum absolute atomic E-state index is 0.562. The summed E-state index contributed by atoms with van der Waals surface area (Å²) in [5, 5.41) is 4.74. The summed E-state index contributed by atoms with van der Waals surface area (Å²) in [6.07, 6.45) is 7.04. The van der Waals surface area contributed by atoms with Crippen LogP contribution in [0.25, 0.3) is 5.69 Å². The van der Waals surface area contributed by atoms with Crippen LogP contribution in [0.4, 0.5) is 5.69 Å². The average Bonchev–Trinajstić information content (AvgIpc) is 2.98. The number of aryl methyl sites for hydroxylation is 2. The molecule has 0 atom stereocenters. The largest absolute Gasteiger partial charge is 0.396 e. The highest BCUT2D eigenvalue weighted by molar-refractivity contribution is 5.49. The number of hydrogen-bond donors (Lipinski definition) is 1. The molecule has 0 amide bonds. The van der Waals surface area contributed by atoms with Crippen molar-refractivity contribution < 1.29 is 0 Å². The summed E-state index contributed by atoms with van der Waals surface area (Å²) in [7, 11) is 0. The highest BCUT2D eigenvalue weighted by Crippen LogP contribution is 2.36. The van der Waals surface area contributed by atoms with Crippen LogP contribution in [-0.4, -0.2) is 9.78 Å². The third-order valence-corrected chi connectivity index (χ3v) is 4.11. The van der Waals surface area contributed by atoms with Crippen molar-refractivity contribution in [3.63, 3.8) is 0 Å². The SMILES string of the molecule is Cc1ccc(-n2cc(N)c(C3CCCC3)n2)c(C)c1. The van der Waals surface area contributed by atoms with Gasteiger partial charge in [-0.2, -0.15) is 5.10 Å². The molecule has 0 aliphatic heterocycles. The van der Waals surface area contributed by atoms with Gasteiger partial charge in [-0.1, -0.05) is 30.5 Å². The maximum atomic E-state index is 6.16. The Morgan fingerprint density at radius 3 is 2.63 bits per heavy atom. The van der Waals surface area contributed by atoms with Crippen LogP contribution in [0, 0.1) is 13.8 Å². The standard InChI is InChI=1S/C16H21N3/c1-11-7-8-15(12(2)9-11)19-10-14(17)16(18-19)13-5-3-4-6-13/h7-10,13H,3-6,17H2,1-2H3. The molecule has 1 aromatic heterocycles. The molecule has 3 nitrogen and oxygen atoms in total. The quantitative estimate of drug-likeness (QED) is 0.888. The molecule has 1 aliphatic rings. The Hall–Kier alpha value is -1.77. The molecule has 2 aromatic rings. The molecule has 0 bridgehead atoms. The fourth-order valence-corrected chi connectivity index (χ4v) is 3.10. The molecule has 100 valence electrons. The van der Waals surface area contributed by atoms with E-state index in [0.29, 0.717) is 5.92 Å². The molecule has 1 fully saturated rings. The average molecular weight is 255 g/mol. The maximum Gasteiger partial charge on any atom is 0.0889 e. The molecule has 0 spiro atoms. The van der Waals surface area contributed by atoms with Crippen molar-refractivity contribution in [1.82, 2.24) is 9.78 Å². The summed E-state index contributed by atoms with van der Waals surface area (Å²) in [5.74, 6) is 0.562. The lowest BCUT2D eigenvalue weighted by Crippen LogP contribution is -2.01. The Morgan fingerprint density at radius 1 is 1.21 bits per heavy atom. The second-order valence-electron chi connectivity index (χ2n) is 5.69. The lowest BCUT2D eigenvalue weighted by molar-refractivity contribution is 0.679. The zero-order valence-corrected chi connectivity index (χ0v) is 11.7. The zero-order valence-electron chi connectivity index (χ0n) is 11.7. The van der Waals surface area contributed by atoms with Crippen LogP contribution in [0.5, 0.6) is 0 Å². The van der Waals surface area contributed by atoms with Gasteiger partial charge in [-0.3, -0.25) is 0 Å². The first-order chi connectivity index (χ1) is 9.15. The van der Waals surface area contributed by atoms with Gasteiger partial charge in [-0.05, 0) is 38.3 Å². The number of nitrogen functional groups attached to an aromatic ring is 1. The first-order valence-electron chi connectivity index (χ1n) is 7.08. The van der Waals surface area contributed by atoms with Gasteiger partial charge in [0.15, 0.2) is 0 Å². The first-order valence-corrected chi connectivity index (χ1v) is 7.08. The van der Waals surface area contributed by atoms with Gasteiger partial charge in [0.25, 0.3) is 0 Å². The molecule has 2 N–H and O–H groups in total. The number of hydrogen-bond acceptors (Lipinski definition) is 2. The Kier molecular flexibility index (Phi) is 3.05. The van der Waals surface area contributed by atoms with Gasteiger partial charge in [0.05, 0.1) is 23.3 Å². The summed E-state index contributed by atoms with van der Waals surface area (Å²) in [5.41, 5.74) is 11.7. The maximum absolute atomic E-state index is 6.16. The summed E-state index contributed by atoms with van der Waals surface area (Å²) < 4.78 is 1.94. The summed E-state index contributed by atoms with van der Waals surface area (Å²) in [6, 6.07) is 6.42. The predicted molar refractivity (Wildman–Crippen MR) is 78.7 cm³/mol. The van der Waals surface area contributed by atoms with E-state index in [-0.39, 0.29) is 0 Å². The Bertz CT molecular complexity index is 592. The molecule has 1 heterocycles. The van der Waals surface area contributed by atoms with E-state index in [1.165, 1.54) is 36.8 Å². The van der Waals surface area contributed by atoms with Crippen molar-refractivity contribution in [3.05, 3.63) is 41.2 Å². The highest BCUT2D eigenvalue weighted by atomic mass is 15.3. The van der Waals surface area contributed by atoms with E-state index in [1.807, 2.05) is 10.9 Å².